The lowest BCUT2D eigenvalue weighted by atomic mass is 9.85. The Hall–Kier alpha value is -2.49. The smallest absolute Gasteiger partial charge is 0.381 e. The fourth-order valence-electron chi connectivity index (χ4n) is 3.32. The van der Waals surface area contributed by atoms with E-state index in [0.717, 1.165) is 19.4 Å². The third kappa shape index (κ3) is 4.57. The van der Waals surface area contributed by atoms with Crippen molar-refractivity contribution >= 4 is 17.7 Å². The number of hydrogen-bond acceptors (Lipinski definition) is 6. The Morgan fingerprint density at radius 3 is 2.69 bits per heavy atom. The van der Waals surface area contributed by atoms with Crippen LogP contribution in [0.4, 0.5) is 5.82 Å². The molecule has 0 bridgehead atoms. The predicted octanol–water partition coefficient (Wildman–Crippen LogP) is 0.544. The molecule has 1 amide bonds. The largest absolute Gasteiger partial charge is 0.480 e. The molecule has 1 aromatic heterocycles. The van der Waals surface area contributed by atoms with Crippen LogP contribution in [0.25, 0.3) is 0 Å². The average molecular weight is 365 g/mol. The summed E-state index contributed by atoms with van der Waals surface area (Å²) < 4.78 is 1.45. The molecule has 2 fully saturated rings. The molecule has 2 N–H and O–H groups in total. The topological polar surface area (TPSA) is 131 Å². The highest BCUT2D eigenvalue weighted by atomic mass is 16.6. The van der Waals surface area contributed by atoms with Crippen LogP contribution < -0.4 is 5.32 Å². The third-order valence-corrected chi connectivity index (χ3v) is 4.99. The predicted molar refractivity (Wildman–Crippen MR) is 90.5 cm³/mol. The number of aliphatic carboxylic acids is 1. The van der Waals surface area contributed by atoms with E-state index in [1.165, 1.54) is 23.6 Å². The van der Waals surface area contributed by atoms with Gasteiger partial charge in [-0.15, -0.1) is 0 Å². The van der Waals surface area contributed by atoms with Crippen LogP contribution in [0.15, 0.2) is 6.20 Å². The molecule has 0 spiro atoms. The highest BCUT2D eigenvalue weighted by molar-refractivity contribution is 5.76. The number of carbonyl (C=O) groups excluding carboxylic acids is 1. The van der Waals surface area contributed by atoms with Gasteiger partial charge < -0.3 is 20.5 Å². The van der Waals surface area contributed by atoms with Gasteiger partial charge in [-0.05, 0) is 41.5 Å². The summed E-state index contributed by atoms with van der Waals surface area (Å²) in [4.78, 5) is 39.1. The number of hydrogen-bond donors (Lipinski definition) is 2. The fourth-order valence-corrected chi connectivity index (χ4v) is 3.32. The molecule has 1 aromatic rings. The van der Waals surface area contributed by atoms with Gasteiger partial charge in [0.15, 0.2) is 0 Å². The minimum Gasteiger partial charge on any atom is -0.480 e. The molecule has 0 radical (unpaired) electrons. The second-order valence-corrected chi connectivity index (χ2v) is 7.19. The van der Waals surface area contributed by atoms with Gasteiger partial charge >= 0.3 is 11.8 Å². The van der Waals surface area contributed by atoms with E-state index in [2.05, 4.69) is 10.3 Å². The van der Waals surface area contributed by atoms with Crippen molar-refractivity contribution < 1.29 is 19.6 Å². The van der Waals surface area contributed by atoms with Crippen LogP contribution in [-0.2, 0) is 16.1 Å². The number of carbonyl (C=O) groups is 2. The van der Waals surface area contributed by atoms with Crippen LogP contribution in [0.5, 0.6) is 0 Å². The van der Waals surface area contributed by atoms with Crippen molar-refractivity contribution in [3.63, 3.8) is 0 Å². The van der Waals surface area contributed by atoms with E-state index in [9.17, 15) is 19.7 Å². The first-order valence-electron chi connectivity index (χ1n) is 8.75. The standard InChI is InChI=1S/C16H23N5O5/c1-10-17-14(21(25)26)7-19(10)8-15(22)18-12-4-13(5-12)20(9-16(23)24)6-11-2-3-11/h7,11-13H,2-6,8-9H2,1H3,(H,18,22)(H,23,24). The lowest BCUT2D eigenvalue weighted by Gasteiger charge is -2.42. The summed E-state index contributed by atoms with van der Waals surface area (Å²) >= 11 is 0. The molecule has 26 heavy (non-hydrogen) atoms. The van der Waals surface area contributed by atoms with Crippen molar-refractivity contribution in [3.8, 4) is 0 Å². The molecule has 3 rings (SSSR count). The van der Waals surface area contributed by atoms with E-state index >= 15 is 0 Å². The summed E-state index contributed by atoms with van der Waals surface area (Å²) in [5.41, 5.74) is 0. The molecule has 0 saturated heterocycles. The van der Waals surface area contributed by atoms with Gasteiger partial charge in [-0.1, -0.05) is 0 Å². The van der Waals surface area contributed by atoms with Crippen molar-refractivity contribution in [2.75, 3.05) is 13.1 Å². The van der Waals surface area contributed by atoms with Gasteiger partial charge in [0.2, 0.25) is 11.7 Å². The van der Waals surface area contributed by atoms with Gasteiger partial charge in [-0.3, -0.25) is 19.1 Å². The summed E-state index contributed by atoms with van der Waals surface area (Å²) in [5, 5.41) is 22.7. The van der Waals surface area contributed by atoms with Gasteiger partial charge in [0, 0.05) is 25.6 Å². The van der Waals surface area contributed by atoms with E-state index in [-0.39, 0.29) is 36.9 Å². The molecule has 0 atom stereocenters. The number of nitrogens with one attached hydrogen (secondary N) is 1. The van der Waals surface area contributed by atoms with Crippen molar-refractivity contribution in [2.45, 2.75) is 51.2 Å². The van der Waals surface area contributed by atoms with E-state index in [1.54, 1.807) is 6.92 Å². The maximum Gasteiger partial charge on any atom is 0.381 e. The molecule has 142 valence electrons. The quantitative estimate of drug-likeness (QED) is 0.482. The molecule has 10 heteroatoms. The molecule has 2 aliphatic carbocycles. The van der Waals surface area contributed by atoms with Gasteiger partial charge in [-0.2, -0.15) is 0 Å². The highest BCUT2D eigenvalue weighted by Gasteiger charge is 2.37. The van der Waals surface area contributed by atoms with E-state index in [0.29, 0.717) is 11.7 Å². The minimum atomic E-state index is -0.824. The van der Waals surface area contributed by atoms with Crippen molar-refractivity contribution in [3.05, 3.63) is 22.1 Å². The molecular formula is C16H23N5O5. The first-order valence-corrected chi connectivity index (χ1v) is 8.75. The molecule has 2 saturated carbocycles. The van der Waals surface area contributed by atoms with Gasteiger partial charge in [0.05, 0.1) is 6.54 Å². The number of aromatic nitrogens is 2. The van der Waals surface area contributed by atoms with Gasteiger partial charge in [0.25, 0.3) is 0 Å². The number of aryl methyl sites for hydroxylation is 1. The Balaban J connectivity index is 1.46. The van der Waals surface area contributed by atoms with Gasteiger partial charge in [-0.25, -0.2) is 0 Å². The summed E-state index contributed by atoms with van der Waals surface area (Å²) in [6.45, 7) is 2.45. The maximum absolute atomic E-state index is 12.2. The van der Waals surface area contributed by atoms with Gasteiger partial charge in [0.1, 0.15) is 12.7 Å². The van der Waals surface area contributed by atoms with E-state index in [1.807, 2.05) is 4.90 Å². The number of nitro groups is 1. The van der Waals surface area contributed by atoms with Crippen LogP contribution in [-0.4, -0.2) is 61.5 Å². The van der Waals surface area contributed by atoms with E-state index in [4.69, 9.17) is 5.11 Å². The number of nitrogens with zero attached hydrogens (tertiary/aromatic N) is 4. The van der Waals surface area contributed by atoms with E-state index < -0.39 is 10.9 Å². The molecular weight excluding hydrogens is 342 g/mol. The van der Waals surface area contributed by atoms with Crippen LogP contribution in [0.3, 0.4) is 0 Å². The number of carboxylic acid groups (broad SMARTS) is 1. The second kappa shape index (κ2) is 7.40. The highest BCUT2D eigenvalue weighted by Crippen LogP contribution is 2.33. The van der Waals surface area contributed by atoms with Crippen LogP contribution in [0.2, 0.25) is 0 Å². The minimum absolute atomic E-state index is 0.0156. The number of carboxylic acids is 1. The molecule has 2 aliphatic rings. The maximum atomic E-state index is 12.2. The summed E-state index contributed by atoms with van der Waals surface area (Å²) in [5.74, 6) is -0.298. The van der Waals surface area contributed by atoms with Crippen LogP contribution in [0.1, 0.15) is 31.5 Å². The molecule has 0 aliphatic heterocycles. The third-order valence-electron chi connectivity index (χ3n) is 4.99. The fraction of sp³-hybridized carbons (Fsp3) is 0.688. The Kier molecular flexibility index (Phi) is 5.21. The number of rotatable bonds is 9. The zero-order chi connectivity index (χ0) is 18.8. The Bertz CT molecular complexity index is 708. The second-order valence-electron chi connectivity index (χ2n) is 7.19. The zero-order valence-electron chi connectivity index (χ0n) is 14.6. The van der Waals surface area contributed by atoms with Crippen molar-refractivity contribution in [1.29, 1.82) is 0 Å². The molecule has 0 aromatic carbocycles. The summed E-state index contributed by atoms with van der Waals surface area (Å²) in [6, 6.07) is 0.204. The normalized spacial score (nSPS) is 22.1. The SMILES string of the molecule is Cc1nc([N+](=O)[O-])cn1CC(=O)NC1CC(N(CC(=O)O)CC2CC2)C1. The molecule has 10 nitrogen and oxygen atoms in total. The van der Waals surface area contributed by atoms with Crippen molar-refractivity contribution in [1.82, 2.24) is 19.8 Å². The number of amides is 1. The zero-order valence-corrected chi connectivity index (χ0v) is 14.6. The molecule has 1 heterocycles. The summed E-state index contributed by atoms with van der Waals surface area (Å²) in [7, 11) is 0. The lowest BCUT2D eigenvalue weighted by Crippen LogP contribution is -2.55. The van der Waals surface area contributed by atoms with Crippen molar-refractivity contribution in [2.24, 2.45) is 5.92 Å². The van der Waals surface area contributed by atoms with Crippen LogP contribution >= 0.6 is 0 Å². The first kappa shape index (κ1) is 18.3. The average Bonchev–Trinajstić information content (AvgIpc) is 3.24. The Labute approximate surface area is 150 Å². The first-order chi connectivity index (χ1) is 12.3. The summed E-state index contributed by atoms with van der Waals surface area (Å²) in [6.07, 6.45) is 5.05. The Morgan fingerprint density at radius 1 is 1.46 bits per heavy atom. The Morgan fingerprint density at radius 2 is 2.15 bits per heavy atom. The number of imidazole rings is 1. The van der Waals surface area contributed by atoms with Crippen LogP contribution in [0, 0.1) is 23.0 Å². The lowest BCUT2D eigenvalue weighted by molar-refractivity contribution is -0.389. The molecule has 0 unspecified atom stereocenters. The monoisotopic (exact) mass is 365 g/mol.